The van der Waals surface area contributed by atoms with Crippen LogP contribution in [0.2, 0.25) is 0 Å². The Labute approximate surface area is 224 Å². The second-order valence-corrected chi connectivity index (χ2v) is 11.9. The van der Waals surface area contributed by atoms with Gasteiger partial charge in [-0.25, -0.2) is 9.18 Å². The summed E-state index contributed by atoms with van der Waals surface area (Å²) in [4.78, 5) is 36.7. The maximum Gasteiger partial charge on any atom is 0.397 e. The van der Waals surface area contributed by atoms with E-state index in [1.807, 2.05) is 61.5 Å². The van der Waals surface area contributed by atoms with Crippen molar-refractivity contribution < 1.29 is 27.5 Å². The van der Waals surface area contributed by atoms with E-state index in [2.05, 4.69) is 4.98 Å². The van der Waals surface area contributed by atoms with Crippen LogP contribution >= 0.6 is 8.60 Å². The SMILES string of the molecule is CC.COC(CCn1cc(C=O)c(=O)[nH]c1=O)COP1OCc2c(F)c(C(C)(C)C)cc(C(C)(C)C)c2O1. The predicted octanol–water partition coefficient (Wildman–Crippen LogP) is 5.37. The summed E-state index contributed by atoms with van der Waals surface area (Å²) in [5, 5.41) is 0. The van der Waals surface area contributed by atoms with Gasteiger partial charge in [-0.2, -0.15) is 0 Å². The summed E-state index contributed by atoms with van der Waals surface area (Å²) in [6.07, 6.45) is 1.53. The van der Waals surface area contributed by atoms with Crippen molar-refractivity contribution in [3.63, 3.8) is 0 Å². The molecule has 0 amide bonds. The third kappa shape index (κ3) is 7.59. The molecule has 11 heteroatoms. The number of aromatic amines is 1. The van der Waals surface area contributed by atoms with Crippen LogP contribution in [0.15, 0.2) is 21.9 Å². The Bertz CT molecular complexity index is 1230. The van der Waals surface area contributed by atoms with Crippen LogP contribution in [-0.2, 0) is 37.8 Å². The van der Waals surface area contributed by atoms with Gasteiger partial charge in [0.2, 0.25) is 0 Å². The van der Waals surface area contributed by atoms with Gasteiger partial charge < -0.3 is 9.26 Å². The van der Waals surface area contributed by atoms with Gasteiger partial charge in [0.05, 0.1) is 30.4 Å². The topological polar surface area (TPSA) is 109 Å². The lowest BCUT2D eigenvalue weighted by molar-refractivity contribution is 0.0396. The third-order valence-corrected chi connectivity index (χ3v) is 6.99. The van der Waals surface area contributed by atoms with Crippen molar-refractivity contribution in [1.29, 1.82) is 0 Å². The maximum atomic E-state index is 15.4. The van der Waals surface area contributed by atoms with Crippen molar-refractivity contribution in [3.05, 3.63) is 61.2 Å². The monoisotopic (exact) mass is 554 g/mol. The molecule has 0 fully saturated rings. The number of ether oxygens (including phenoxy) is 1. The molecule has 0 bridgehead atoms. The molecule has 1 aliphatic heterocycles. The van der Waals surface area contributed by atoms with E-state index in [0.717, 1.165) is 5.56 Å². The van der Waals surface area contributed by atoms with Crippen molar-refractivity contribution in [2.45, 2.75) is 91.9 Å². The highest BCUT2D eigenvalue weighted by atomic mass is 31.2. The Hall–Kier alpha value is -2.39. The van der Waals surface area contributed by atoms with Crippen molar-refractivity contribution in [1.82, 2.24) is 9.55 Å². The first-order chi connectivity index (χ1) is 17.8. The number of rotatable bonds is 8. The second-order valence-electron chi connectivity index (χ2n) is 10.8. The van der Waals surface area contributed by atoms with E-state index in [1.54, 1.807) is 0 Å². The van der Waals surface area contributed by atoms with Crippen LogP contribution in [0.1, 0.15) is 88.9 Å². The largest absolute Gasteiger partial charge is 0.426 e. The first-order valence-electron chi connectivity index (χ1n) is 12.7. The number of benzene rings is 1. The molecule has 2 heterocycles. The number of aromatic nitrogens is 2. The van der Waals surface area contributed by atoms with Gasteiger partial charge in [0.15, 0.2) is 6.29 Å². The predicted molar refractivity (Wildman–Crippen MR) is 146 cm³/mol. The fourth-order valence-electron chi connectivity index (χ4n) is 3.79. The van der Waals surface area contributed by atoms with Crippen molar-refractivity contribution in [2.75, 3.05) is 13.7 Å². The molecule has 2 unspecified atom stereocenters. The molecule has 0 saturated carbocycles. The van der Waals surface area contributed by atoms with Crippen LogP contribution in [0, 0.1) is 5.82 Å². The Kier molecular flexibility index (Phi) is 11.0. The fraction of sp³-hybridized carbons (Fsp3) is 0.593. The van der Waals surface area contributed by atoms with E-state index < -0.39 is 26.0 Å². The molecule has 212 valence electrons. The summed E-state index contributed by atoms with van der Waals surface area (Å²) in [5.74, 6) is 0.136. The number of fused-ring (bicyclic) bond motifs is 1. The van der Waals surface area contributed by atoms with Gasteiger partial charge in [-0.15, -0.1) is 0 Å². The zero-order chi connectivity index (χ0) is 28.8. The number of nitrogens with one attached hydrogen (secondary N) is 1. The number of hydrogen-bond acceptors (Lipinski definition) is 7. The molecular weight excluding hydrogens is 514 g/mol. The lowest BCUT2D eigenvalue weighted by atomic mass is 9.78. The van der Waals surface area contributed by atoms with Gasteiger partial charge in [-0.1, -0.05) is 55.4 Å². The summed E-state index contributed by atoms with van der Waals surface area (Å²) in [7, 11) is -0.296. The fourth-order valence-corrected chi connectivity index (χ4v) is 4.85. The Morgan fingerprint density at radius 3 is 2.34 bits per heavy atom. The first kappa shape index (κ1) is 31.8. The summed E-state index contributed by atoms with van der Waals surface area (Å²) in [5.41, 5.74) is -0.279. The molecule has 2 atom stereocenters. The molecule has 1 aliphatic rings. The quantitative estimate of drug-likeness (QED) is 0.345. The minimum Gasteiger partial charge on any atom is -0.426 e. The second kappa shape index (κ2) is 13.1. The number of aryl methyl sites for hydroxylation is 1. The van der Waals surface area contributed by atoms with E-state index in [0.29, 0.717) is 29.6 Å². The lowest BCUT2D eigenvalue weighted by Crippen LogP contribution is -2.33. The number of nitrogens with zero attached hydrogens (tertiary/aromatic N) is 1. The number of H-pyrrole nitrogens is 1. The molecule has 38 heavy (non-hydrogen) atoms. The number of hydrogen-bond donors (Lipinski definition) is 1. The van der Waals surface area contributed by atoms with Gasteiger partial charge >= 0.3 is 14.3 Å². The molecule has 2 aromatic rings. The molecule has 0 aliphatic carbocycles. The van der Waals surface area contributed by atoms with Gasteiger partial charge in [-0.05, 0) is 28.9 Å². The van der Waals surface area contributed by atoms with E-state index in [-0.39, 0.29) is 42.0 Å². The standard InChI is InChI=1S/C25H34FN2O7P.C2H6/c1-24(2,3)18-10-19(25(4,5)6)21-17(20(18)26)14-34-36(35-21)33-13-16(32-7)8-9-28-11-15(12-29)22(30)27-23(28)31;1-2/h10-12,16H,8-9,13-14H2,1-7H3,(H,27,30,31);1-2H3. The molecule has 9 nitrogen and oxygen atoms in total. The third-order valence-electron chi connectivity index (χ3n) is 5.96. The molecule has 1 aromatic heterocycles. The average Bonchev–Trinajstić information content (AvgIpc) is 2.85. The van der Waals surface area contributed by atoms with Crippen LogP contribution in [0.5, 0.6) is 5.75 Å². The zero-order valence-electron chi connectivity index (χ0n) is 23.8. The molecule has 1 aromatic carbocycles. The van der Waals surface area contributed by atoms with E-state index >= 15 is 4.39 Å². The van der Waals surface area contributed by atoms with Gasteiger partial charge in [0.25, 0.3) is 5.56 Å². The number of halogens is 1. The first-order valence-corrected chi connectivity index (χ1v) is 13.8. The minimum absolute atomic E-state index is 0.0266. The van der Waals surface area contributed by atoms with Crippen molar-refractivity contribution >= 4 is 14.9 Å². The average molecular weight is 555 g/mol. The summed E-state index contributed by atoms with van der Waals surface area (Å²) < 4.78 is 39.7. The Balaban J connectivity index is 0.00000247. The van der Waals surface area contributed by atoms with Crippen LogP contribution in [-0.4, -0.2) is 35.7 Å². The normalized spacial score (nSPS) is 16.1. The Morgan fingerprint density at radius 1 is 1.16 bits per heavy atom. The lowest BCUT2D eigenvalue weighted by Gasteiger charge is -2.33. The molecule has 1 N–H and O–H groups in total. The van der Waals surface area contributed by atoms with Crippen LogP contribution < -0.4 is 15.8 Å². The molecule has 0 saturated heterocycles. The van der Waals surface area contributed by atoms with Crippen LogP contribution in [0.3, 0.4) is 0 Å². The summed E-state index contributed by atoms with van der Waals surface area (Å²) in [6.45, 7) is 16.4. The summed E-state index contributed by atoms with van der Waals surface area (Å²) >= 11 is 0. The maximum absolute atomic E-state index is 15.4. The van der Waals surface area contributed by atoms with Crippen molar-refractivity contribution in [2.24, 2.45) is 0 Å². The van der Waals surface area contributed by atoms with Crippen LogP contribution in [0.4, 0.5) is 4.39 Å². The molecule has 0 spiro atoms. The molecular formula is C27H40FN2O7P. The minimum atomic E-state index is -1.80. The van der Waals surface area contributed by atoms with Gasteiger partial charge in [0.1, 0.15) is 11.6 Å². The van der Waals surface area contributed by atoms with E-state index in [4.69, 9.17) is 18.3 Å². The number of methoxy groups -OCH3 is 1. The number of carbonyl (C=O) groups excluding carboxylic acids is 1. The van der Waals surface area contributed by atoms with Gasteiger partial charge in [0, 0.05) is 25.4 Å². The molecule has 3 rings (SSSR count). The van der Waals surface area contributed by atoms with E-state index in [9.17, 15) is 14.4 Å². The highest BCUT2D eigenvalue weighted by Crippen LogP contribution is 2.52. The Morgan fingerprint density at radius 2 is 1.79 bits per heavy atom. The van der Waals surface area contributed by atoms with Crippen LogP contribution in [0.25, 0.3) is 0 Å². The summed E-state index contributed by atoms with van der Waals surface area (Å²) in [6, 6.07) is 1.88. The molecule has 0 radical (unpaired) electrons. The highest BCUT2D eigenvalue weighted by Gasteiger charge is 2.35. The van der Waals surface area contributed by atoms with Crippen molar-refractivity contribution in [3.8, 4) is 5.75 Å². The number of aldehydes is 1. The smallest absolute Gasteiger partial charge is 0.397 e. The van der Waals surface area contributed by atoms with E-state index in [1.165, 1.54) is 17.9 Å². The zero-order valence-corrected chi connectivity index (χ0v) is 24.7. The van der Waals surface area contributed by atoms with Gasteiger partial charge in [-0.3, -0.25) is 28.2 Å². The highest BCUT2D eigenvalue weighted by molar-refractivity contribution is 7.42. The number of carbonyl (C=O) groups is 1.